The van der Waals surface area contributed by atoms with Crippen LogP contribution in [0.4, 0.5) is 0 Å². The molecule has 2 amide bonds. The fourth-order valence-corrected chi connectivity index (χ4v) is 2.74. The van der Waals surface area contributed by atoms with Crippen LogP contribution in [0.2, 0.25) is 0 Å². The summed E-state index contributed by atoms with van der Waals surface area (Å²) in [6.07, 6.45) is 3.26. The predicted molar refractivity (Wildman–Crippen MR) is 83.0 cm³/mol. The van der Waals surface area contributed by atoms with Crippen molar-refractivity contribution in [1.82, 2.24) is 14.7 Å². The van der Waals surface area contributed by atoms with Crippen LogP contribution in [0.15, 0.2) is 22.8 Å². The minimum absolute atomic E-state index is 0.0776. The third kappa shape index (κ3) is 4.34. The molecule has 0 radical (unpaired) electrons. The first-order valence-electron chi connectivity index (χ1n) is 7.67. The van der Waals surface area contributed by atoms with Gasteiger partial charge in [0.05, 0.1) is 19.4 Å². The van der Waals surface area contributed by atoms with Crippen molar-refractivity contribution in [2.75, 3.05) is 40.8 Å². The maximum absolute atomic E-state index is 12.2. The van der Waals surface area contributed by atoms with Crippen LogP contribution in [0.5, 0.6) is 0 Å². The SMILES string of the molecule is CN(C)C(=O)C1CCN(CC(=O)N(C)Cc2ccco2)CC1. The number of likely N-dealkylation sites (tertiary alicyclic amines) is 1. The number of carbonyl (C=O) groups is 2. The van der Waals surface area contributed by atoms with Crippen LogP contribution in [0.1, 0.15) is 18.6 Å². The fourth-order valence-electron chi connectivity index (χ4n) is 2.74. The van der Waals surface area contributed by atoms with Gasteiger partial charge in [-0.2, -0.15) is 0 Å². The van der Waals surface area contributed by atoms with Crippen molar-refractivity contribution in [3.05, 3.63) is 24.2 Å². The average molecular weight is 307 g/mol. The molecule has 122 valence electrons. The number of nitrogens with zero attached hydrogens (tertiary/aromatic N) is 3. The number of piperidine rings is 1. The molecule has 0 saturated carbocycles. The summed E-state index contributed by atoms with van der Waals surface area (Å²) >= 11 is 0. The average Bonchev–Trinajstić information content (AvgIpc) is 3.00. The van der Waals surface area contributed by atoms with Gasteiger partial charge in [0.25, 0.3) is 0 Å². The minimum atomic E-state index is 0.0776. The lowest BCUT2D eigenvalue weighted by Gasteiger charge is -2.32. The zero-order chi connectivity index (χ0) is 16.1. The lowest BCUT2D eigenvalue weighted by molar-refractivity contribution is -0.135. The monoisotopic (exact) mass is 307 g/mol. The van der Waals surface area contributed by atoms with Gasteiger partial charge in [-0.15, -0.1) is 0 Å². The van der Waals surface area contributed by atoms with Crippen molar-refractivity contribution in [3.8, 4) is 0 Å². The number of hydrogen-bond acceptors (Lipinski definition) is 4. The minimum Gasteiger partial charge on any atom is -0.467 e. The Labute approximate surface area is 131 Å². The molecule has 0 atom stereocenters. The molecule has 1 aromatic rings. The van der Waals surface area contributed by atoms with Crippen molar-refractivity contribution in [1.29, 1.82) is 0 Å². The Bertz CT molecular complexity index is 491. The molecule has 2 heterocycles. The maximum Gasteiger partial charge on any atom is 0.236 e. The Kier molecular flexibility index (Phi) is 5.60. The third-order valence-electron chi connectivity index (χ3n) is 4.14. The quantitative estimate of drug-likeness (QED) is 0.815. The summed E-state index contributed by atoms with van der Waals surface area (Å²) in [6.45, 7) is 2.48. The van der Waals surface area contributed by atoms with Gasteiger partial charge in [0.1, 0.15) is 5.76 Å². The number of furan rings is 1. The molecule has 0 N–H and O–H groups in total. The zero-order valence-electron chi connectivity index (χ0n) is 13.6. The highest BCUT2D eigenvalue weighted by Crippen LogP contribution is 2.19. The number of carbonyl (C=O) groups excluding carboxylic acids is 2. The van der Waals surface area contributed by atoms with Crippen LogP contribution in [0, 0.1) is 5.92 Å². The summed E-state index contributed by atoms with van der Waals surface area (Å²) in [6, 6.07) is 3.68. The normalized spacial score (nSPS) is 16.5. The third-order valence-corrected chi connectivity index (χ3v) is 4.14. The lowest BCUT2D eigenvalue weighted by atomic mass is 9.95. The second kappa shape index (κ2) is 7.45. The molecule has 1 fully saturated rings. The summed E-state index contributed by atoms with van der Waals surface area (Å²) < 4.78 is 5.26. The van der Waals surface area contributed by atoms with Crippen LogP contribution >= 0.6 is 0 Å². The Balaban J connectivity index is 1.75. The van der Waals surface area contributed by atoms with E-state index in [0.717, 1.165) is 31.7 Å². The zero-order valence-corrected chi connectivity index (χ0v) is 13.6. The van der Waals surface area contributed by atoms with Crippen LogP contribution in [-0.4, -0.2) is 67.3 Å². The molecular formula is C16H25N3O3. The molecule has 1 aliphatic heterocycles. The molecular weight excluding hydrogens is 282 g/mol. The number of hydrogen-bond donors (Lipinski definition) is 0. The Morgan fingerprint density at radius 2 is 1.95 bits per heavy atom. The van der Waals surface area contributed by atoms with Gasteiger partial charge < -0.3 is 14.2 Å². The molecule has 0 bridgehead atoms. The van der Waals surface area contributed by atoms with Crippen LogP contribution in [-0.2, 0) is 16.1 Å². The second-order valence-electron chi connectivity index (χ2n) is 6.11. The van der Waals surface area contributed by atoms with Crippen molar-refractivity contribution < 1.29 is 14.0 Å². The van der Waals surface area contributed by atoms with Gasteiger partial charge in [-0.25, -0.2) is 0 Å². The molecule has 2 rings (SSSR count). The number of rotatable bonds is 5. The van der Waals surface area contributed by atoms with Crippen LogP contribution in [0.25, 0.3) is 0 Å². The summed E-state index contributed by atoms with van der Waals surface area (Å²) in [4.78, 5) is 29.6. The van der Waals surface area contributed by atoms with E-state index in [1.54, 1.807) is 37.2 Å². The smallest absolute Gasteiger partial charge is 0.236 e. The molecule has 0 aliphatic carbocycles. The van der Waals surface area contributed by atoms with E-state index >= 15 is 0 Å². The van der Waals surface area contributed by atoms with E-state index in [1.807, 2.05) is 12.1 Å². The standard InChI is InChI=1S/C16H25N3O3/c1-17(2)16(21)13-6-8-19(9-7-13)12-15(20)18(3)11-14-5-4-10-22-14/h4-5,10,13H,6-9,11-12H2,1-3H3. The molecule has 0 spiro atoms. The second-order valence-corrected chi connectivity index (χ2v) is 6.11. The first-order chi connectivity index (χ1) is 10.5. The summed E-state index contributed by atoms with van der Waals surface area (Å²) in [5, 5.41) is 0. The molecule has 1 aliphatic rings. The first kappa shape index (κ1) is 16.5. The first-order valence-corrected chi connectivity index (χ1v) is 7.67. The highest BCUT2D eigenvalue weighted by molar-refractivity contribution is 5.79. The topological polar surface area (TPSA) is 57.0 Å². The molecule has 0 unspecified atom stereocenters. The van der Waals surface area contributed by atoms with Gasteiger partial charge in [-0.3, -0.25) is 14.5 Å². The molecule has 6 nitrogen and oxygen atoms in total. The van der Waals surface area contributed by atoms with E-state index in [0.29, 0.717) is 13.1 Å². The fraction of sp³-hybridized carbons (Fsp3) is 0.625. The predicted octanol–water partition coefficient (Wildman–Crippen LogP) is 1.04. The Morgan fingerprint density at radius 1 is 1.27 bits per heavy atom. The molecule has 1 aromatic heterocycles. The lowest BCUT2D eigenvalue weighted by Crippen LogP contribution is -2.44. The van der Waals surface area contributed by atoms with Gasteiger partial charge in [0.2, 0.25) is 11.8 Å². The Morgan fingerprint density at radius 3 is 2.50 bits per heavy atom. The van der Waals surface area contributed by atoms with Crippen molar-refractivity contribution in [2.24, 2.45) is 5.92 Å². The maximum atomic E-state index is 12.2. The Hall–Kier alpha value is -1.82. The summed E-state index contributed by atoms with van der Waals surface area (Å²) in [5.41, 5.74) is 0. The highest BCUT2D eigenvalue weighted by atomic mass is 16.3. The van der Waals surface area contributed by atoms with Gasteiger partial charge in [0.15, 0.2) is 0 Å². The summed E-state index contributed by atoms with van der Waals surface area (Å²) in [7, 11) is 5.37. The largest absolute Gasteiger partial charge is 0.467 e. The number of likely N-dealkylation sites (N-methyl/N-ethyl adjacent to an activating group) is 1. The van der Waals surface area contributed by atoms with Gasteiger partial charge in [0, 0.05) is 27.1 Å². The molecule has 1 saturated heterocycles. The van der Waals surface area contributed by atoms with E-state index in [1.165, 1.54) is 0 Å². The van der Waals surface area contributed by atoms with E-state index in [-0.39, 0.29) is 17.7 Å². The van der Waals surface area contributed by atoms with Gasteiger partial charge in [-0.1, -0.05) is 0 Å². The molecule has 22 heavy (non-hydrogen) atoms. The van der Waals surface area contributed by atoms with Gasteiger partial charge in [-0.05, 0) is 38.1 Å². The van der Waals surface area contributed by atoms with Crippen molar-refractivity contribution in [3.63, 3.8) is 0 Å². The van der Waals surface area contributed by atoms with E-state index < -0.39 is 0 Å². The molecule has 0 aromatic carbocycles. The highest BCUT2D eigenvalue weighted by Gasteiger charge is 2.27. The van der Waals surface area contributed by atoms with Crippen molar-refractivity contribution in [2.45, 2.75) is 19.4 Å². The van der Waals surface area contributed by atoms with E-state index in [2.05, 4.69) is 4.90 Å². The van der Waals surface area contributed by atoms with Crippen LogP contribution in [0.3, 0.4) is 0 Å². The van der Waals surface area contributed by atoms with Crippen LogP contribution < -0.4 is 0 Å². The molecule has 6 heteroatoms. The van der Waals surface area contributed by atoms with E-state index in [4.69, 9.17) is 4.42 Å². The number of amides is 2. The van der Waals surface area contributed by atoms with E-state index in [9.17, 15) is 9.59 Å². The summed E-state index contributed by atoms with van der Waals surface area (Å²) in [5.74, 6) is 1.16. The van der Waals surface area contributed by atoms with Crippen molar-refractivity contribution >= 4 is 11.8 Å². The van der Waals surface area contributed by atoms with Gasteiger partial charge >= 0.3 is 0 Å².